The lowest BCUT2D eigenvalue weighted by atomic mass is 10.0. The van der Waals surface area contributed by atoms with Crippen LogP contribution in [-0.2, 0) is 6.54 Å². The first-order valence-electron chi connectivity index (χ1n) is 8.27. The molecule has 1 N–H and O–H groups in total. The minimum atomic E-state index is 1.02. The zero-order chi connectivity index (χ0) is 14.3. The molecule has 2 aromatic rings. The molecular formula is C19H25NS. The largest absolute Gasteiger partial charge is 0.312 e. The van der Waals surface area contributed by atoms with Gasteiger partial charge in [0.25, 0.3) is 0 Å². The van der Waals surface area contributed by atoms with E-state index in [1.165, 1.54) is 53.8 Å². The molecule has 0 unspecified atom stereocenters. The Morgan fingerprint density at radius 3 is 2.62 bits per heavy atom. The van der Waals surface area contributed by atoms with Crippen LogP contribution in [0.1, 0.15) is 43.4 Å². The van der Waals surface area contributed by atoms with E-state index in [0.717, 1.165) is 19.0 Å². The highest BCUT2D eigenvalue weighted by atomic mass is 32.1. The Morgan fingerprint density at radius 2 is 1.81 bits per heavy atom. The van der Waals surface area contributed by atoms with Crippen molar-refractivity contribution in [1.82, 2.24) is 5.32 Å². The van der Waals surface area contributed by atoms with Crippen LogP contribution in [0.4, 0.5) is 0 Å². The predicted octanol–water partition coefficient (Wildman–Crippen LogP) is 5.48. The Morgan fingerprint density at radius 1 is 1.00 bits per heavy atom. The monoisotopic (exact) mass is 299 g/mol. The molecule has 1 aromatic carbocycles. The van der Waals surface area contributed by atoms with Crippen LogP contribution in [0.5, 0.6) is 0 Å². The maximum atomic E-state index is 3.60. The molecule has 112 valence electrons. The molecule has 0 aliphatic heterocycles. The summed E-state index contributed by atoms with van der Waals surface area (Å²) in [4.78, 5) is 2.81. The van der Waals surface area contributed by atoms with Crippen molar-refractivity contribution in [3.05, 3.63) is 47.3 Å². The Labute approximate surface area is 132 Å². The van der Waals surface area contributed by atoms with Gasteiger partial charge in [-0.3, -0.25) is 0 Å². The molecule has 1 aromatic heterocycles. The third kappa shape index (κ3) is 4.42. The lowest BCUT2D eigenvalue weighted by Gasteiger charge is -2.08. The smallest absolute Gasteiger partial charge is 0.0346 e. The zero-order valence-corrected chi connectivity index (χ0v) is 13.5. The molecule has 3 rings (SSSR count). The Balaban J connectivity index is 1.39. The van der Waals surface area contributed by atoms with Crippen molar-refractivity contribution < 1.29 is 0 Å². The minimum Gasteiger partial charge on any atom is -0.312 e. The van der Waals surface area contributed by atoms with Crippen molar-refractivity contribution in [2.45, 2.75) is 45.1 Å². The lowest BCUT2D eigenvalue weighted by Crippen LogP contribution is -2.14. The number of rotatable bonds is 7. The van der Waals surface area contributed by atoms with Gasteiger partial charge in [-0.05, 0) is 43.0 Å². The highest BCUT2D eigenvalue weighted by Crippen LogP contribution is 2.29. The first-order valence-corrected chi connectivity index (χ1v) is 9.08. The normalized spacial score (nSPS) is 15.6. The van der Waals surface area contributed by atoms with Gasteiger partial charge >= 0.3 is 0 Å². The first kappa shape index (κ1) is 14.8. The van der Waals surface area contributed by atoms with E-state index in [9.17, 15) is 0 Å². The van der Waals surface area contributed by atoms with Gasteiger partial charge in [0.1, 0.15) is 0 Å². The molecule has 1 nitrogen and oxygen atoms in total. The summed E-state index contributed by atoms with van der Waals surface area (Å²) in [5, 5.41) is 3.60. The fourth-order valence-corrected chi connectivity index (χ4v) is 4.24. The SMILES string of the molecule is c1ccc(-c2ccc(CNCCCC3CCCC3)s2)cc1. The van der Waals surface area contributed by atoms with Crippen LogP contribution in [0.25, 0.3) is 10.4 Å². The fourth-order valence-electron chi connectivity index (χ4n) is 3.26. The summed E-state index contributed by atoms with van der Waals surface area (Å²) in [6, 6.07) is 15.2. The van der Waals surface area contributed by atoms with Crippen molar-refractivity contribution in [2.24, 2.45) is 5.92 Å². The molecule has 2 heteroatoms. The second kappa shape index (κ2) is 7.77. The van der Waals surface area contributed by atoms with E-state index in [-0.39, 0.29) is 0 Å². The van der Waals surface area contributed by atoms with E-state index >= 15 is 0 Å². The molecule has 1 aliphatic carbocycles. The van der Waals surface area contributed by atoms with Gasteiger partial charge < -0.3 is 5.32 Å². The summed E-state index contributed by atoms with van der Waals surface area (Å²) in [5.41, 5.74) is 1.33. The molecule has 0 amide bonds. The van der Waals surface area contributed by atoms with Gasteiger partial charge in [-0.25, -0.2) is 0 Å². The number of nitrogens with one attached hydrogen (secondary N) is 1. The number of hydrogen-bond acceptors (Lipinski definition) is 2. The molecule has 0 radical (unpaired) electrons. The van der Waals surface area contributed by atoms with E-state index in [1.807, 2.05) is 11.3 Å². The van der Waals surface area contributed by atoms with Crippen LogP contribution in [0.2, 0.25) is 0 Å². The fraction of sp³-hybridized carbons (Fsp3) is 0.474. The summed E-state index contributed by atoms with van der Waals surface area (Å²) in [6.45, 7) is 2.18. The van der Waals surface area contributed by atoms with Crippen molar-refractivity contribution >= 4 is 11.3 Å². The quantitative estimate of drug-likeness (QED) is 0.668. The number of benzene rings is 1. The maximum absolute atomic E-state index is 3.60. The van der Waals surface area contributed by atoms with Crippen LogP contribution < -0.4 is 5.32 Å². The summed E-state index contributed by atoms with van der Waals surface area (Å²) in [6.07, 6.45) is 8.65. The second-order valence-corrected chi connectivity index (χ2v) is 7.27. The standard InChI is InChI=1S/C19H25NS/c1-2-10-17(11-3-1)19-13-12-18(21-19)15-20-14-6-9-16-7-4-5-8-16/h1-3,10-13,16,20H,4-9,14-15H2. The molecule has 1 heterocycles. The van der Waals surface area contributed by atoms with E-state index in [0.29, 0.717) is 0 Å². The molecule has 1 saturated carbocycles. The highest BCUT2D eigenvalue weighted by Gasteiger charge is 2.13. The molecular weight excluding hydrogens is 274 g/mol. The van der Waals surface area contributed by atoms with Crippen LogP contribution in [0.15, 0.2) is 42.5 Å². The van der Waals surface area contributed by atoms with E-state index in [4.69, 9.17) is 0 Å². The van der Waals surface area contributed by atoms with Crippen molar-refractivity contribution in [2.75, 3.05) is 6.54 Å². The second-order valence-electron chi connectivity index (χ2n) is 6.10. The minimum absolute atomic E-state index is 1.02. The third-order valence-electron chi connectivity index (χ3n) is 4.46. The Kier molecular flexibility index (Phi) is 5.47. The molecule has 1 fully saturated rings. The van der Waals surface area contributed by atoms with E-state index in [2.05, 4.69) is 47.8 Å². The first-order chi connectivity index (χ1) is 10.4. The Hall–Kier alpha value is -1.12. The number of hydrogen-bond donors (Lipinski definition) is 1. The topological polar surface area (TPSA) is 12.0 Å². The van der Waals surface area contributed by atoms with Gasteiger partial charge in [0.05, 0.1) is 0 Å². The highest BCUT2D eigenvalue weighted by molar-refractivity contribution is 7.15. The molecule has 0 spiro atoms. The summed E-state index contributed by atoms with van der Waals surface area (Å²) >= 11 is 1.91. The van der Waals surface area contributed by atoms with Crippen molar-refractivity contribution in [1.29, 1.82) is 0 Å². The van der Waals surface area contributed by atoms with Gasteiger partial charge in [-0.2, -0.15) is 0 Å². The summed E-state index contributed by atoms with van der Waals surface area (Å²) in [7, 11) is 0. The van der Waals surface area contributed by atoms with Gasteiger partial charge in [0.15, 0.2) is 0 Å². The van der Waals surface area contributed by atoms with Crippen molar-refractivity contribution in [3.8, 4) is 10.4 Å². The van der Waals surface area contributed by atoms with Crippen LogP contribution in [0.3, 0.4) is 0 Å². The van der Waals surface area contributed by atoms with Gasteiger partial charge in [0.2, 0.25) is 0 Å². The molecule has 0 atom stereocenters. The molecule has 1 aliphatic rings. The Bertz CT molecular complexity index is 526. The number of thiophene rings is 1. The summed E-state index contributed by atoms with van der Waals surface area (Å²) in [5.74, 6) is 1.03. The van der Waals surface area contributed by atoms with Crippen LogP contribution >= 0.6 is 11.3 Å². The summed E-state index contributed by atoms with van der Waals surface area (Å²) < 4.78 is 0. The predicted molar refractivity (Wildman–Crippen MR) is 92.7 cm³/mol. The van der Waals surface area contributed by atoms with E-state index in [1.54, 1.807) is 0 Å². The van der Waals surface area contributed by atoms with Gasteiger partial charge in [-0.1, -0.05) is 56.0 Å². The van der Waals surface area contributed by atoms with Crippen molar-refractivity contribution in [3.63, 3.8) is 0 Å². The third-order valence-corrected chi connectivity index (χ3v) is 5.59. The maximum Gasteiger partial charge on any atom is 0.0346 e. The van der Waals surface area contributed by atoms with Crippen LogP contribution in [0, 0.1) is 5.92 Å². The van der Waals surface area contributed by atoms with Gasteiger partial charge in [-0.15, -0.1) is 11.3 Å². The zero-order valence-electron chi connectivity index (χ0n) is 12.7. The average Bonchev–Trinajstić information content (AvgIpc) is 3.19. The molecule has 21 heavy (non-hydrogen) atoms. The molecule has 0 bridgehead atoms. The lowest BCUT2D eigenvalue weighted by molar-refractivity contribution is 0.471. The molecule has 0 saturated heterocycles. The van der Waals surface area contributed by atoms with E-state index < -0.39 is 0 Å². The van der Waals surface area contributed by atoms with Gasteiger partial charge in [0, 0.05) is 16.3 Å². The van der Waals surface area contributed by atoms with Crippen LogP contribution in [-0.4, -0.2) is 6.54 Å². The average molecular weight is 299 g/mol.